The van der Waals surface area contributed by atoms with Crippen molar-refractivity contribution in [3.05, 3.63) is 35.4 Å². The maximum absolute atomic E-state index is 11.9. The maximum Gasteiger partial charge on any atom is 0.315 e. The zero-order valence-electron chi connectivity index (χ0n) is 14.0. The Morgan fingerprint density at radius 2 is 2.04 bits per heavy atom. The van der Waals surface area contributed by atoms with Gasteiger partial charge in [0.15, 0.2) is 0 Å². The van der Waals surface area contributed by atoms with Crippen LogP contribution in [0.4, 0.5) is 4.79 Å². The number of carbonyl (C=O) groups is 1. The summed E-state index contributed by atoms with van der Waals surface area (Å²) < 4.78 is 10.5. The zero-order valence-corrected chi connectivity index (χ0v) is 14.0. The van der Waals surface area contributed by atoms with Crippen molar-refractivity contribution < 1.29 is 14.3 Å². The third-order valence-electron chi connectivity index (χ3n) is 4.05. The Balaban J connectivity index is 1.74. The molecule has 0 spiro atoms. The molecule has 0 saturated heterocycles. The molecule has 1 aliphatic rings. The van der Waals surface area contributed by atoms with Gasteiger partial charge in [-0.05, 0) is 44.2 Å². The molecule has 5 heteroatoms. The molecule has 2 rings (SSSR count). The fourth-order valence-electron chi connectivity index (χ4n) is 2.70. The second kappa shape index (κ2) is 9.08. The van der Waals surface area contributed by atoms with Gasteiger partial charge in [0.25, 0.3) is 0 Å². The topological polar surface area (TPSA) is 59.6 Å². The average molecular weight is 318 g/mol. The van der Waals surface area contributed by atoms with Crippen LogP contribution in [-0.2, 0) is 6.54 Å². The molecule has 0 bridgehead atoms. The number of amides is 2. The van der Waals surface area contributed by atoms with Crippen LogP contribution in [-0.4, -0.2) is 26.8 Å². The van der Waals surface area contributed by atoms with Gasteiger partial charge < -0.3 is 20.1 Å². The lowest BCUT2D eigenvalue weighted by molar-refractivity contribution is 0.240. The molecule has 2 N–H and O–H groups in total. The molecule has 0 radical (unpaired) electrons. The monoisotopic (exact) mass is 318 g/mol. The highest BCUT2D eigenvalue weighted by atomic mass is 16.5. The van der Waals surface area contributed by atoms with Crippen LogP contribution >= 0.6 is 0 Å². The number of nitrogens with one attached hydrogen (secondary N) is 2. The third-order valence-corrected chi connectivity index (χ3v) is 4.05. The molecule has 2 amide bonds. The Hall–Kier alpha value is -2.17. The first-order valence-electron chi connectivity index (χ1n) is 8.13. The van der Waals surface area contributed by atoms with E-state index in [0.717, 1.165) is 17.7 Å². The number of methoxy groups -OCH3 is 2. The molecular weight excluding hydrogens is 292 g/mol. The van der Waals surface area contributed by atoms with Crippen LogP contribution < -0.4 is 20.1 Å². The molecule has 0 aromatic heterocycles. The van der Waals surface area contributed by atoms with Gasteiger partial charge in [-0.1, -0.05) is 11.6 Å². The number of hydrogen-bond donors (Lipinski definition) is 2. The third kappa shape index (κ3) is 5.51. The van der Waals surface area contributed by atoms with Crippen molar-refractivity contribution in [2.75, 3.05) is 20.8 Å². The van der Waals surface area contributed by atoms with Crippen molar-refractivity contribution in [3.63, 3.8) is 0 Å². The van der Waals surface area contributed by atoms with E-state index in [1.165, 1.54) is 31.3 Å². The maximum atomic E-state index is 11.9. The summed E-state index contributed by atoms with van der Waals surface area (Å²) in [4.78, 5) is 11.9. The predicted octanol–water partition coefficient (Wildman–Crippen LogP) is 3.39. The first kappa shape index (κ1) is 17.2. The van der Waals surface area contributed by atoms with Gasteiger partial charge in [-0.15, -0.1) is 0 Å². The van der Waals surface area contributed by atoms with Crippen molar-refractivity contribution in [2.24, 2.45) is 0 Å². The summed E-state index contributed by atoms with van der Waals surface area (Å²) in [7, 11) is 3.22. The molecule has 0 saturated carbocycles. The fourth-order valence-corrected chi connectivity index (χ4v) is 2.70. The zero-order chi connectivity index (χ0) is 16.5. The highest BCUT2D eigenvalue weighted by Gasteiger charge is 2.08. The van der Waals surface area contributed by atoms with Crippen molar-refractivity contribution in [3.8, 4) is 11.5 Å². The second-order valence-electron chi connectivity index (χ2n) is 5.65. The number of benzene rings is 1. The van der Waals surface area contributed by atoms with Crippen molar-refractivity contribution in [1.29, 1.82) is 0 Å². The minimum atomic E-state index is -0.153. The van der Waals surface area contributed by atoms with Crippen LogP contribution in [0.15, 0.2) is 29.8 Å². The van der Waals surface area contributed by atoms with E-state index < -0.39 is 0 Å². The minimum absolute atomic E-state index is 0.153. The Bertz CT molecular complexity index is 555. The number of carbonyl (C=O) groups excluding carboxylic acids is 1. The Labute approximate surface area is 138 Å². The molecule has 1 aromatic carbocycles. The number of allylic oxidation sites excluding steroid dienone is 1. The summed E-state index contributed by atoms with van der Waals surface area (Å²) in [5.74, 6) is 1.44. The fraction of sp³-hybridized carbons (Fsp3) is 0.500. The Morgan fingerprint density at radius 1 is 1.17 bits per heavy atom. The van der Waals surface area contributed by atoms with E-state index in [1.807, 2.05) is 18.2 Å². The van der Waals surface area contributed by atoms with Gasteiger partial charge in [0, 0.05) is 24.7 Å². The number of hydrogen-bond acceptors (Lipinski definition) is 3. The molecule has 0 atom stereocenters. The van der Waals surface area contributed by atoms with Crippen LogP contribution in [0.1, 0.15) is 37.7 Å². The quantitative estimate of drug-likeness (QED) is 0.758. The summed E-state index contributed by atoms with van der Waals surface area (Å²) in [6, 6.07) is 5.40. The molecule has 1 aromatic rings. The lowest BCUT2D eigenvalue weighted by Gasteiger charge is -2.14. The SMILES string of the molecule is COc1ccc(CNC(=O)NCCC2=CCCCC2)c(OC)c1. The summed E-state index contributed by atoms with van der Waals surface area (Å²) in [6.07, 6.45) is 8.17. The van der Waals surface area contributed by atoms with Gasteiger partial charge in [-0.2, -0.15) is 0 Å². The normalized spacial score (nSPS) is 13.9. The average Bonchev–Trinajstić information content (AvgIpc) is 2.60. The first-order chi connectivity index (χ1) is 11.2. The van der Waals surface area contributed by atoms with Crippen molar-refractivity contribution in [1.82, 2.24) is 10.6 Å². The van der Waals surface area contributed by atoms with E-state index in [-0.39, 0.29) is 6.03 Å². The highest BCUT2D eigenvalue weighted by Crippen LogP contribution is 2.24. The molecule has 23 heavy (non-hydrogen) atoms. The lowest BCUT2D eigenvalue weighted by Crippen LogP contribution is -2.35. The standard InChI is InChI=1S/C18H26N2O3/c1-22-16-9-8-15(17(12-16)23-2)13-20-18(21)19-11-10-14-6-4-3-5-7-14/h6,8-9,12H,3-5,7,10-11,13H2,1-2H3,(H2,19,20,21). The highest BCUT2D eigenvalue weighted by molar-refractivity contribution is 5.73. The van der Waals surface area contributed by atoms with E-state index in [9.17, 15) is 4.79 Å². The molecular formula is C18H26N2O3. The molecule has 0 fully saturated rings. The van der Waals surface area contributed by atoms with E-state index in [0.29, 0.717) is 18.8 Å². The van der Waals surface area contributed by atoms with Crippen LogP contribution in [0, 0.1) is 0 Å². The first-order valence-corrected chi connectivity index (χ1v) is 8.13. The summed E-state index contributed by atoms with van der Waals surface area (Å²) in [6.45, 7) is 1.10. The molecule has 126 valence electrons. The second-order valence-corrected chi connectivity index (χ2v) is 5.65. The molecule has 0 heterocycles. The van der Waals surface area contributed by atoms with Crippen molar-refractivity contribution >= 4 is 6.03 Å². The van der Waals surface area contributed by atoms with E-state index in [4.69, 9.17) is 9.47 Å². The van der Waals surface area contributed by atoms with Gasteiger partial charge in [-0.25, -0.2) is 4.79 Å². The van der Waals surface area contributed by atoms with E-state index in [2.05, 4.69) is 16.7 Å². The van der Waals surface area contributed by atoms with Crippen LogP contribution in [0.2, 0.25) is 0 Å². The molecule has 0 aliphatic heterocycles. The largest absolute Gasteiger partial charge is 0.497 e. The lowest BCUT2D eigenvalue weighted by atomic mass is 9.97. The summed E-state index contributed by atoms with van der Waals surface area (Å²) in [5, 5.41) is 5.76. The van der Waals surface area contributed by atoms with Crippen LogP contribution in [0.25, 0.3) is 0 Å². The predicted molar refractivity (Wildman–Crippen MR) is 91.0 cm³/mol. The van der Waals surface area contributed by atoms with Crippen LogP contribution in [0.3, 0.4) is 0 Å². The van der Waals surface area contributed by atoms with Gasteiger partial charge in [0.05, 0.1) is 14.2 Å². The van der Waals surface area contributed by atoms with Crippen LogP contribution in [0.5, 0.6) is 11.5 Å². The van der Waals surface area contributed by atoms with Gasteiger partial charge >= 0.3 is 6.03 Å². The van der Waals surface area contributed by atoms with Crippen molar-refractivity contribution in [2.45, 2.75) is 38.6 Å². The number of rotatable bonds is 7. The summed E-state index contributed by atoms with van der Waals surface area (Å²) >= 11 is 0. The molecule has 1 aliphatic carbocycles. The Morgan fingerprint density at radius 3 is 2.74 bits per heavy atom. The van der Waals surface area contributed by atoms with E-state index >= 15 is 0 Å². The number of urea groups is 1. The smallest absolute Gasteiger partial charge is 0.315 e. The molecule has 5 nitrogen and oxygen atoms in total. The summed E-state index contributed by atoms with van der Waals surface area (Å²) in [5.41, 5.74) is 2.38. The van der Waals surface area contributed by atoms with Gasteiger partial charge in [0.2, 0.25) is 0 Å². The van der Waals surface area contributed by atoms with Gasteiger partial charge in [-0.3, -0.25) is 0 Å². The van der Waals surface area contributed by atoms with Gasteiger partial charge in [0.1, 0.15) is 11.5 Å². The Kier molecular flexibility index (Phi) is 6.78. The molecule has 0 unspecified atom stereocenters. The minimum Gasteiger partial charge on any atom is -0.497 e. The van der Waals surface area contributed by atoms with E-state index in [1.54, 1.807) is 14.2 Å². The number of ether oxygens (including phenoxy) is 2.